The highest BCUT2D eigenvalue weighted by atomic mass is 19.1. The summed E-state index contributed by atoms with van der Waals surface area (Å²) in [6.45, 7) is 1.67. The Morgan fingerprint density at radius 3 is 2.64 bits per heavy atom. The van der Waals surface area contributed by atoms with Crippen LogP contribution in [0.4, 0.5) is 4.39 Å². The van der Waals surface area contributed by atoms with Crippen LogP contribution in [0.25, 0.3) is 22.1 Å². The van der Waals surface area contributed by atoms with Crippen molar-refractivity contribution in [2.75, 3.05) is 14.1 Å². The molecule has 1 aromatic heterocycles. The number of halogens is 1. The lowest BCUT2D eigenvalue weighted by Crippen LogP contribution is -2.25. The van der Waals surface area contributed by atoms with Gasteiger partial charge in [0.15, 0.2) is 11.3 Å². The predicted molar refractivity (Wildman–Crippen MR) is 103 cm³/mol. The number of carbonyl (C=O) groups excluding carboxylic acids is 2. The molecule has 1 fully saturated rings. The van der Waals surface area contributed by atoms with Crippen LogP contribution in [-0.4, -0.2) is 42.0 Å². The SMILES string of the molecule is Cc1c(F)cc(C(=O)NC2CC2)cc1-c1ccc2c(C(=O)N(C)C)noc2c1. The van der Waals surface area contributed by atoms with E-state index in [-0.39, 0.29) is 29.1 Å². The van der Waals surface area contributed by atoms with Gasteiger partial charge in [-0.3, -0.25) is 9.59 Å². The van der Waals surface area contributed by atoms with Gasteiger partial charge in [-0.2, -0.15) is 0 Å². The first kappa shape index (κ1) is 18.2. The first-order valence-corrected chi connectivity index (χ1v) is 9.07. The number of aromatic nitrogens is 1. The van der Waals surface area contributed by atoms with E-state index in [4.69, 9.17) is 4.52 Å². The van der Waals surface area contributed by atoms with Crippen LogP contribution in [0.5, 0.6) is 0 Å². The Kier molecular flexibility index (Phi) is 4.37. The number of carbonyl (C=O) groups is 2. The number of nitrogens with zero attached hydrogens (tertiary/aromatic N) is 2. The molecule has 144 valence electrons. The summed E-state index contributed by atoms with van der Waals surface area (Å²) in [4.78, 5) is 26.0. The Bertz CT molecular complexity index is 1100. The largest absolute Gasteiger partial charge is 0.355 e. The average Bonchev–Trinajstić information content (AvgIpc) is 3.38. The maximum atomic E-state index is 14.5. The third kappa shape index (κ3) is 3.24. The van der Waals surface area contributed by atoms with Crippen molar-refractivity contribution in [2.24, 2.45) is 0 Å². The van der Waals surface area contributed by atoms with Crippen molar-refractivity contribution in [1.82, 2.24) is 15.4 Å². The van der Waals surface area contributed by atoms with Gasteiger partial charge in [0, 0.05) is 25.7 Å². The van der Waals surface area contributed by atoms with Crippen molar-refractivity contribution in [3.63, 3.8) is 0 Å². The number of amides is 2. The molecule has 1 aliphatic carbocycles. The van der Waals surface area contributed by atoms with E-state index in [1.54, 1.807) is 45.3 Å². The Morgan fingerprint density at radius 2 is 1.96 bits per heavy atom. The van der Waals surface area contributed by atoms with Gasteiger partial charge in [0.2, 0.25) is 0 Å². The lowest BCUT2D eigenvalue weighted by atomic mass is 9.96. The molecule has 3 aromatic rings. The lowest BCUT2D eigenvalue weighted by Gasteiger charge is -2.11. The molecule has 7 heteroatoms. The van der Waals surface area contributed by atoms with Crippen LogP contribution < -0.4 is 5.32 Å². The third-order valence-corrected chi connectivity index (χ3v) is 4.91. The number of rotatable bonds is 4. The molecule has 2 amide bonds. The topological polar surface area (TPSA) is 75.4 Å². The molecule has 0 radical (unpaired) electrons. The van der Waals surface area contributed by atoms with E-state index in [1.165, 1.54) is 11.0 Å². The molecule has 0 saturated heterocycles. The zero-order chi connectivity index (χ0) is 20.0. The molecule has 4 rings (SSSR count). The second-order valence-corrected chi connectivity index (χ2v) is 7.32. The smallest absolute Gasteiger partial charge is 0.276 e. The number of benzene rings is 2. The lowest BCUT2D eigenvalue weighted by molar-refractivity contribution is 0.0819. The fourth-order valence-electron chi connectivity index (χ4n) is 3.08. The first-order chi connectivity index (χ1) is 13.3. The highest BCUT2D eigenvalue weighted by Gasteiger charge is 2.25. The minimum atomic E-state index is -0.445. The molecule has 1 saturated carbocycles. The second kappa shape index (κ2) is 6.74. The molecular weight excluding hydrogens is 361 g/mol. The highest BCUT2D eigenvalue weighted by molar-refractivity contribution is 6.04. The van der Waals surface area contributed by atoms with Gasteiger partial charge in [-0.05, 0) is 60.7 Å². The maximum Gasteiger partial charge on any atom is 0.276 e. The van der Waals surface area contributed by atoms with Crippen LogP contribution in [0.2, 0.25) is 0 Å². The summed E-state index contributed by atoms with van der Waals surface area (Å²) in [6, 6.07) is 8.34. The third-order valence-electron chi connectivity index (χ3n) is 4.91. The molecule has 0 unspecified atom stereocenters. The molecule has 0 spiro atoms. The summed E-state index contributed by atoms with van der Waals surface area (Å²) < 4.78 is 19.8. The molecule has 1 N–H and O–H groups in total. The van der Waals surface area contributed by atoms with Gasteiger partial charge in [-0.15, -0.1) is 0 Å². The van der Waals surface area contributed by atoms with E-state index >= 15 is 0 Å². The Hall–Kier alpha value is -3.22. The zero-order valence-corrected chi connectivity index (χ0v) is 15.9. The van der Waals surface area contributed by atoms with Gasteiger partial charge in [0.1, 0.15) is 5.82 Å². The van der Waals surface area contributed by atoms with Crippen molar-refractivity contribution in [2.45, 2.75) is 25.8 Å². The molecule has 0 atom stereocenters. The van der Waals surface area contributed by atoms with Gasteiger partial charge in [-0.25, -0.2) is 4.39 Å². The van der Waals surface area contributed by atoms with Gasteiger partial charge < -0.3 is 14.7 Å². The van der Waals surface area contributed by atoms with Crippen molar-refractivity contribution in [3.8, 4) is 11.1 Å². The Morgan fingerprint density at radius 1 is 1.21 bits per heavy atom. The van der Waals surface area contributed by atoms with Crippen LogP contribution in [0, 0.1) is 12.7 Å². The van der Waals surface area contributed by atoms with Crippen LogP contribution in [0.1, 0.15) is 39.3 Å². The standard InChI is InChI=1S/C21H20FN3O3/c1-11-16(8-13(9-17(11)22)20(26)23-14-5-6-14)12-4-7-15-18(10-12)28-24-19(15)21(27)25(2)3/h4,7-10,14H,5-6H2,1-3H3,(H,23,26). The van der Waals surface area contributed by atoms with Crippen molar-refractivity contribution in [3.05, 3.63) is 53.0 Å². The van der Waals surface area contributed by atoms with Gasteiger partial charge in [0.05, 0.1) is 5.39 Å². The van der Waals surface area contributed by atoms with Crippen LogP contribution in [0.15, 0.2) is 34.9 Å². The van der Waals surface area contributed by atoms with Gasteiger partial charge in [0.25, 0.3) is 11.8 Å². The molecule has 6 nitrogen and oxygen atoms in total. The van der Waals surface area contributed by atoms with E-state index in [0.29, 0.717) is 27.7 Å². The molecule has 28 heavy (non-hydrogen) atoms. The van der Waals surface area contributed by atoms with E-state index in [1.807, 2.05) is 0 Å². The summed E-state index contributed by atoms with van der Waals surface area (Å²) in [5.41, 5.74) is 2.66. The zero-order valence-electron chi connectivity index (χ0n) is 15.9. The number of hydrogen-bond donors (Lipinski definition) is 1. The second-order valence-electron chi connectivity index (χ2n) is 7.32. The molecule has 0 bridgehead atoms. The van der Waals surface area contributed by atoms with Crippen molar-refractivity contribution >= 4 is 22.8 Å². The molecule has 2 aromatic carbocycles. The van der Waals surface area contributed by atoms with E-state index in [0.717, 1.165) is 12.8 Å². The average molecular weight is 381 g/mol. The number of hydrogen-bond acceptors (Lipinski definition) is 4. The van der Waals surface area contributed by atoms with Gasteiger partial charge in [-0.1, -0.05) is 11.2 Å². The molecular formula is C21H20FN3O3. The first-order valence-electron chi connectivity index (χ1n) is 9.07. The number of fused-ring (bicyclic) bond motifs is 1. The summed E-state index contributed by atoms with van der Waals surface area (Å²) in [5.74, 6) is -0.977. The number of nitrogens with one attached hydrogen (secondary N) is 1. The van der Waals surface area contributed by atoms with E-state index < -0.39 is 5.82 Å². The molecule has 1 aliphatic rings. The van der Waals surface area contributed by atoms with Crippen LogP contribution in [-0.2, 0) is 0 Å². The highest BCUT2D eigenvalue weighted by Crippen LogP contribution is 2.31. The normalized spacial score (nSPS) is 13.6. The molecule has 1 heterocycles. The molecule has 0 aliphatic heterocycles. The maximum absolute atomic E-state index is 14.5. The Balaban J connectivity index is 1.75. The summed E-state index contributed by atoms with van der Waals surface area (Å²) in [7, 11) is 3.28. The fourth-order valence-corrected chi connectivity index (χ4v) is 3.08. The summed E-state index contributed by atoms with van der Waals surface area (Å²) in [6.07, 6.45) is 1.92. The van der Waals surface area contributed by atoms with Gasteiger partial charge >= 0.3 is 0 Å². The summed E-state index contributed by atoms with van der Waals surface area (Å²) in [5, 5.41) is 7.33. The van der Waals surface area contributed by atoms with Crippen LogP contribution in [0.3, 0.4) is 0 Å². The van der Waals surface area contributed by atoms with E-state index in [2.05, 4.69) is 10.5 Å². The Labute approximate surface area is 161 Å². The monoisotopic (exact) mass is 381 g/mol. The quantitative estimate of drug-likeness (QED) is 0.750. The van der Waals surface area contributed by atoms with E-state index in [9.17, 15) is 14.0 Å². The minimum absolute atomic E-state index is 0.193. The predicted octanol–water partition coefficient (Wildman–Crippen LogP) is 3.54. The summed E-state index contributed by atoms with van der Waals surface area (Å²) >= 11 is 0. The van der Waals surface area contributed by atoms with Crippen LogP contribution >= 0.6 is 0 Å². The minimum Gasteiger partial charge on any atom is -0.355 e. The van der Waals surface area contributed by atoms with Crippen molar-refractivity contribution < 1.29 is 18.5 Å². The van der Waals surface area contributed by atoms with Crippen molar-refractivity contribution in [1.29, 1.82) is 0 Å². The fraction of sp³-hybridized carbons (Fsp3) is 0.286.